The number of nitrogens with two attached hydrogens (primary N) is 1. The van der Waals surface area contributed by atoms with E-state index in [1.165, 1.54) is 0 Å². The topological polar surface area (TPSA) is 48.0 Å². The number of hydrogen-bond donors (Lipinski definition) is 1. The molecule has 0 atom stereocenters. The summed E-state index contributed by atoms with van der Waals surface area (Å²) in [5.74, 6) is 5.39. The van der Waals surface area contributed by atoms with Crippen LogP contribution in [0.3, 0.4) is 0 Å². The Hall–Kier alpha value is -1.51. The molecule has 0 aliphatic heterocycles. The highest BCUT2D eigenvalue weighted by molar-refractivity contribution is 5.27. The summed E-state index contributed by atoms with van der Waals surface area (Å²) in [7, 11) is 0. The first-order chi connectivity index (χ1) is 7.70. The summed E-state index contributed by atoms with van der Waals surface area (Å²) in [6, 6.07) is 1.82. The Morgan fingerprint density at radius 3 is 2.00 bits per heavy atom. The largest absolute Gasteiger partial charge is 0.336 e. The minimum atomic E-state index is -0.159. The summed E-state index contributed by atoms with van der Waals surface area (Å²) in [6.07, 6.45) is 5.21. The highest BCUT2D eigenvalue weighted by Gasteiger charge is 1.92. The van der Waals surface area contributed by atoms with E-state index in [4.69, 9.17) is 5.84 Å². The molecule has 92 valence electrons. The lowest BCUT2D eigenvalue weighted by Gasteiger charge is -1.95. The molecule has 0 unspecified atom stereocenters. The SMILES string of the molecule is C/C=c1/ccn(N)c(=O)/c1=C/C.CC.CC. The number of hydrogen-bond acceptors (Lipinski definition) is 2. The van der Waals surface area contributed by atoms with Crippen molar-refractivity contribution in [1.82, 2.24) is 4.68 Å². The van der Waals surface area contributed by atoms with Crippen molar-refractivity contribution in [3.05, 3.63) is 33.1 Å². The summed E-state index contributed by atoms with van der Waals surface area (Å²) in [5.41, 5.74) is -0.159. The van der Waals surface area contributed by atoms with E-state index in [0.29, 0.717) is 5.22 Å². The lowest BCUT2D eigenvalue weighted by Crippen LogP contribution is -2.46. The van der Waals surface area contributed by atoms with Gasteiger partial charge in [-0.2, -0.15) is 0 Å². The van der Waals surface area contributed by atoms with E-state index < -0.39 is 0 Å². The molecule has 1 rings (SSSR count). The highest BCUT2D eigenvalue weighted by atomic mass is 16.1. The van der Waals surface area contributed by atoms with Gasteiger partial charge in [-0.1, -0.05) is 39.8 Å². The average Bonchev–Trinajstić information content (AvgIpc) is 2.37. The van der Waals surface area contributed by atoms with Crippen LogP contribution in [0.2, 0.25) is 0 Å². The summed E-state index contributed by atoms with van der Waals surface area (Å²) >= 11 is 0. The molecule has 3 heteroatoms. The van der Waals surface area contributed by atoms with Crippen molar-refractivity contribution < 1.29 is 0 Å². The molecule has 1 aromatic rings. The molecule has 0 aliphatic carbocycles. The lowest BCUT2D eigenvalue weighted by atomic mass is 10.3. The molecule has 0 amide bonds. The first kappa shape index (κ1) is 16.9. The van der Waals surface area contributed by atoms with Gasteiger partial charge < -0.3 is 5.84 Å². The summed E-state index contributed by atoms with van der Waals surface area (Å²) in [6.45, 7) is 11.7. The van der Waals surface area contributed by atoms with E-state index in [2.05, 4.69) is 0 Å². The van der Waals surface area contributed by atoms with Gasteiger partial charge in [-0.15, -0.1) is 0 Å². The summed E-state index contributed by atoms with van der Waals surface area (Å²) in [4.78, 5) is 11.4. The van der Waals surface area contributed by atoms with Crippen molar-refractivity contribution in [2.75, 3.05) is 5.84 Å². The number of aromatic nitrogens is 1. The minimum Gasteiger partial charge on any atom is -0.336 e. The lowest BCUT2D eigenvalue weighted by molar-refractivity contribution is 0.918. The first-order valence-electron chi connectivity index (χ1n) is 5.80. The third kappa shape index (κ3) is 4.34. The number of nitrogen functional groups attached to an aromatic ring is 1. The fraction of sp³-hybridized carbons (Fsp3) is 0.462. The van der Waals surface area contributed by atoms with Gasteiger partial charge in [0.15, 0.2) is 0 Å². The fourth-order valence-electron chi connectivity index (χ4n) is 1.12. The quantitative estimate of drug-likeness (QED) is 0.673. The zero-order valence-electron chi connectivity index (χ0n) is 11.2. The van der Waals surface area contributed by atoms with Crippen LogP contribution in [-0.4, -0.2) is 4.68 Å². The molecule has 0 radical (unpaired) electrons. The smallest absolute Gasteiger partial charge is 0.276 e. The van der Waals surface area contributed by atoms with Gasteiger partial charge >= 0.3 is 0 Å². The van der Waals surface area contributed by atoms with E-state index in [0.717, 1.165) is 9.89 Å². The fourth-order valence-corrected chi connectivity index (χ4v) is 1.12. The maximum Gasteiger partial charge on any atom is 0.276 e. The molecule has 3 nitrogen and oxygen atoms in total. The van der Waals surface area contributed by atoms with Crippen LogP contribution in [0.1, 0.15) is 41.5 Å². The second-order valence-electron chi connectivity index (χ2n) is 2.47. The molecule has 0 saturated carbocycles. The number of nitrogens with zero attached hydrogens (tertiary/aromatic N) is 1. The van der Waals surface area contributed by atoms with Crippen molar-refractivity contribution >= 4 is 12.2 Å². The molecule has 0 aromatic carbocycles. The third-order valence-corrected chi connectivity index (χ3v) is 1.79. The standard InChI is InChI=1S/C9H12N2O.2C2H6/c1-3-7-5-6-11(10)9(12)8(7)4-2;2*1-2/h3-6H,10H2,1-2H3;2*1-2H3/b7-3-,8-4+;;. The van der Waals surface area contributed by atoms with Gasteiger partial charge in [-0.05, 0) is 25.1 Å². The van der Waals surface area contributed by atoms with E-state index in [9.17, 15) is 4.79 Å². The van der Waals surface area contributed by atoms with E-state index in [1.807, 2.05) is 53.7 Å². The highest BCUT2D eigenvalue weighted by Crippen LogP contribution is 1.63. The zero-order valence-corrected chi connectivity index (χ0v) is 11.2. The van der Waals surface area contributed by atoms with Crippen LogP contribution in [0.4, 0.5) is 0 Å². The molecule has 0 bridgehead atoms. The van der Waals surface area contributed by atoms with Crippen molar-refractivity contribution in [1.29, 1.82) is 0 Å². The predicted molar refractivity (Wildman–Crippen MR) is 73.1 cm³/mol. The van der Waals surface area contributed by atoms with Crippen molar-refractivity contribution in [2.45, 2.75) is 41.5 Å². The Labute approximate surface area is 97.9 Å². The van der Waals surface area contributed by atoms with Crippen molar-refractivity contribution in [2.24, 2.45) is 0 Å². The Bertz CT molecular complexity index is 444. The van der Waals surface area contributed by atoms with E-state index in [1.54, 1.807) is 12.3 Å². The first-order valence-corrected chi connectivity index (χ1v) is 5.80. The zero-order chi connectivity index (χ0) is 13.1. The van der Waals surface area contributed by atoms with Gasteiger partial charge in [-0.3, -0.25) is 4.79 Å². The van der Waals surface area contributed by atoms with E-state index >= 15 is 0 Å². The summed E-state index contributed by atoms with van der Waals surface area (Å²) in [5, 5.41) is 1.58. The molecule has 0 saturated heterocycles. The Kier molecular flexibility index (Phi) is 10.6. The van der Waals surface area contributed by atoms with Gasteiger partial charge in [0.25, 0.3) is 5.56 Å². The van der Waals surface area contributed by atoms with Gasteiger partial charge in [-0.25, -0.2) is 4.68 Å². The van der Waals surface area contributed by atoms with Crippen LogP contribution in [0, 0.1) is 0 Å². The molecule has 1 heterocycles. The number of pyridine rings is 1. The molecule has 1 aromatic heterocycles. The maximum atomic E-state index is 11.4. The Morgan fingerprint density at radius 2 is 1.62 bits per heavy atom. The van der Waals surface area contributed by atoms with Gasteiger partial charge in [0.1, 0.15) is 0 Å². The second kappa shape index (κ2) is 10.0. The minimum absolute atomic E-state index is 0.159. The predicted octanol–water partition coefficient (Wildman–Crippen LogP) is 1.22. The molecule has 2 N–H and O–H groups in total. The van der Waals surface area contributed by atoms with E-state index in [-0.39, 0.29) is 5.56 Å². The summed E-state index contributed by atoms with van der Waals surface area (Å²) < 4.78 is 1.09. The van der Waals surface area contributed by atoms with Crippen LogP contribution in [0.15, 0.2) is 17.1 Å². The van der Waals surface area contributed by atoms with Crippen LogP contribution >= 0.6 is 0 Å². The maximum absolute atomic E-state index is 11.4. The molecule has 16 heavy (non-hydrogen) atoms. The molecule has 0 fully saturated rings. The molecule has 0 spiro atoms. The molecular weight excluding hydrogens is 200 g/mol. The van der Waals surface area contributed by atoms with Gasteiger partial charge in [0, 0.05) is 11.4 Å². The Morgan fingerprint density at radius 1 is 1.12 bits per heavy atom. The van der Waals surface area contributed by atoms with Crippen LogP contribution < -0.4 is 21.8 Å². The average molecular weight is 224 g/mol. The number of rotatable bonds is 0. The molecular formula is C13H24N2O. The normalized spacial score (nSPS) is 11.1. The van der Waals surface area contributed by atoms with Crippen LogP contribution in [0.25, 0.3) is 12.2 Å². The van der Waals surface area contributed by atoms with Crippen molar-refractivity contribution in [3.8, 4) is 0 Å². The van der Waals surface area contributed by atoms with Gasteiger partial charge in [0.2, 0.25) is 0 Å². The third-order valence-electron chi connectivity index (χ3n) is 1.79. The van der Waals surface area contributed by atoms with Gasteiger partial charge in [0.05, 0.1) is 0 Å². The van der Waals surface area contributed by atoms with Crippen LogP contribution in [-0.2, 0) is 0 Å². The second-order valence-corrected chi connectivity index (χ2v) is 2.47. The monoisotopic (exact) mass is 224 g/mol. The van der Waals surface area contributed by atoms with Crippen LogP contribution in [0.5, 0.6) is 0 Å². The molecule has 0 aliphatic rings. The van der Waals surface area contributed by atoms with Crippen molar-refractivity contribution in [3.63, 3.8) is 0 Å². The Balaban J connectivity index is 0.